The summed E-state index contributed by atoms with van der Waals surface area (Å²) in [5.74, 6) is 2.45. The van der Waals surface area contributed by atoms with Crippen LogP contribution >= 0.6 is 7.26 Å². The number of hydrogen-bond acceptors (Lipinski definition) is 1. The fourth-order valence-electron chi connectivity index (χ4n) is 1.35. The largest absolute Gasteiger partial charge is 0.327 e. The zero-order valence-corrected chi connectivity index (χ0v) is 8.91. The molecule has 0 amide bonds. The molecule has 0 radical (unpaired) electrons. The van der Waals surface area contributed by atoms with E-state index in [1.54, 1.807) is 0 Å². The topological polar surface area (TPSA) is 26.0 Å². The first-order chi connectivity index (χ1) is 4.89. The maximum absolute atomic E-state index is 5.55. The molecule has 2 N–H and O–H groups in total. The van der Waals surface area contributed by atoms with Crippen molar-refractivity contribution >= 4 is 7.26 Å². The summed E-state index contributed by atoms with van der Waals surface area (Å²) >= 11 is 0. The minimum absolute atomic E-state index is 0.492. The van der Waals surface area contributed by atoms with Gasteiger partial charge in [-0.1, -0.05) is 0 Å². The fraction of sp³-hybridized carbons (Fsp3) is 0.778. The molecular formula is C9H19NP+. The van der Waals surface area contributed by atoms with E-state index in [1.807, 2.05) is 0 Å². The van der Waals surface area contributed by atoms with Crippen LogP contribution in [-0.4, -0.2) is 24.5 Å². The van der Waals surface area contributed by atoms with Gasteiger partial charge in [0.15, 0.2) is 0 Å². The van der Waals surface area contributed by atoms with E-state index in [0.717, 1.165) is 6.54 Å². The van der Waals surface area contributed by atoms with Crippen molar-refractivity contribution in [3.8, 4) is 0 Å². The molecule has 0 aromatic rings. The minimum Gasteiger partial charge on any atom is -0.327 e. The molecule has 1 aliphatic heterocycles. The monoisotopic (exact) mass is 172 g/mol. The van der Waals surface area contributed by atoms with Crippen LogP contribution in [0.2, 0.25) is 0 Å². The Labute approximate surface area is 70.4 Å². The normalized spacial score (nSPS) is 31.2. The third-order valence-corrected chi connectivity index (χ3v) is 7.86. The lowest BCUT2D eigenvalue weighted by atomic mass is 10.2. The van der Waals surface area contributed by atoms with Crippen molar-refractivity contribution < 1.29 is 0 Å². The second-order valence-corrected chi connectivity index (χ2v) is 9.04. The summed E-state index contributed by atoms with van der Waals surface area (Å²) in [4.78, 5) is 0. The summed E-state index contributed by atoms with van der Waals surface area (Å²) < 4.78 is 0. The van der Waals surface area contributed by atoms with Crippen LogP contribution in [0.5, 0.6) is 0 Å². The summed E-state index contributed by atoms with van der Waals surface area (Å²) in [6.07, 6.45) is 1.30. The lowest BCUT2D eigenvalue weighted by Crippen LogP contribution is -2.29. The summed E-state index contributed by atoms with van der Waals surface area (Å²) in [6, 6.07) is 0. The van der Waals surface area contributed by atoms with Crippen LogP contribution in [-0.2, 0) is 0 Å². The predicted molar refractivity (Wildman–Crippen MR) is 54.6 cm³/mol. The molecule has 2 heteroatoms. The van der Waals surface area contributed by atoms with Gasteiger partial charge in [0.25, 0.3) is 0 Å². The van der Waals surface area contributed by atoms with Gasteiger partial charge in [-0.2, -0.15) is 0 Å². The lowest BCUT2D eigenvalue weighted by molar-refractivity contribution is 0.771. The molecule has 1 rings (SSSR count). The van der Waals surface area contributed by atoms with Gasteiger partial charge in [-0.15, -0.1) is 0 Å². The number of nitrogens with two attached hydrogens (primary N) is 1. The Morgan fingerprint density at radius 2 is 2.00 bits per heavy atom. The van der Waals surface area contributed by atoms with E-state index >= 15 is 0 Å². The molecule has 1 nitrogen and oxygen atoms in total. The molecule has 0 aromatic carbocycles. The van der Waals surface area contributed by atoms with E-state index in [4.69, 9.17) is 5.73 Å². The van der Waals surface area contributed by atoms with Crippen molar-refractivity contribution in [1.29, 1.82) is 0 Å². The maximum atomic E-state index is 5.55. The van der Waals surface area contributed by atoms with Crippen molar-refractivity contribution in [2.24, 2.45) is 5.73 Å². The van der Waals surface area contributed by atoms with E-state index in [-0.39, 0.29) is 0 Å². The zero-order valence-electron chi connectivity index (χ0n) is 8.02. The van der Waals surface area contributed by atoms with Crippen molar-refractivity contribution in [2.45, 2.75) is 25.9 Å². The minimum atomic E-state index is -0.741. The van der Waals surface area contributed by atoms with E-state index in [9.17, 15) is 0 Å². The van der Waals surface area contributed by atoms with Gasteiger partial charge in [-0.25, -0.2) is 0 Å². The molecule has 1 unspecified atom stereocenters. The molecule has 0 saturated carbocycles. The molecule has 0 saturated heterocycles. The van der Waals surface area contributed by atoms with Crippen LogP contribution < -0.4 is 5.73 Å². The van der Waals surface area contributed by atoms with Crippen LogP contribution in [0.15, 0.2) is 11.4 Å². The third kappa shape index (κ3) is 1.50. The predicted octanol–water partition coefficient (Wildman–Crippen LogP) is 2.29. The Morgan fingerprint density at radius 1 is 1.55 bits per heavy atom. The third-order valence-electron chi connectivity index (χ3n) is 2.79. The van der Waals surface area contributed by atoms with Crippen LogP contribution in [0.4, 0.5) is 0 Å². The zero-order chi connectivity index (χ0) is 8.70. The Bertz CT molecular complexity index is 190. The molecule has 0 spiro atoms. The highest BCUT2D eigenvalue weighted by molar-refractivity contribution is 7.81. The standard InChI is InChI=1S/C9H19NP/c1-9(2,3)11(4)6-8(5-10)7-11/h6H,5,7,10H2,1-4H3/q+1. The lowest BCUT2D eigenvalue weighted by Gasteiger charge is -2.39. The number of hydrogen-bond donors (Lipinski definition) is 1. The SMILES string of the molecule is CC(C)(C)[P+]1(C)C=C(CN)C1. The molecule has 1 heterocycles. The highest BCUT2D eigenvalue weighted by atomic mass is 31.2. The Morgan fingerprint density at radius 3 is 2.27 bits per heavy atom. The molecule has 11 heavy (non-hydrogen) atoms. The molecule has 0 aromatic heterocycles. The number of rotatable bonds is 1. The summed E-state index contributed by atoms with van der Waals surface area (Å²) in [7, 11) is -0.741. The van der Waals surface area contributed by atoms with Crippen LogP contribution in [0.1, 0.15) is 20.8 Å². The van der Waals surface area contributed by atoms with E-state index in [1.165, 1.54) is 11.7 Å². The summed E-state index contributed by atoms with van der Waals surface area (Å²) in [5, 5.41) is 0.492. The second kappa shape index (κ2) is 2.57. The first-order valence-electron chi connectivity index (χ1n) is 4.15. The Kier molecular flexibility index (Phi) is 2.15. The van der Waals surface area contributed by atoms with Gasteiger partial charge in [0, 0.05) is 19.4 Å². The van der Waals surface area contributed by atoms with Crippen molar-refractivity contribution in [1.82, 2.24) is 0 Å². The average molecular weight is 172 g/mol. The smallest absolute Gasteiger partial charge is 0.0893 e. The molecule has 0 fully saturated rings. The van der Waals surface area contributed by atoms with Crippen molar-refractivity contribution in [2.75, 3.05) is 19.4 Å². The molecular weight excluding hydrogens is 153 g/mol. The highest BCUT2D eigenvalue weighted by Crippen LogP contribution is 2.73. The Balaban J connectivity index is 2.71. The van der Waals surface area contributed by atoms with Gasteiger partial charge in [-0.3, -0.25) is 0 Å². The van der Waals surface area contributed by atoms with Gasteiger partial charge in [0.1, 0.15) is 0 Å². The molecule has 0 aliphatic carbocycles. The Hall–Kier alpha value is 0.130. The first kappa shape index (κ1) is 9.22. The van der Waals surface area contributed by atoms with Crippen molar-refractivity contribution in [3.63, 3.8) is 0 Å². The van der Waals surface area contributed by atoms with Gasteiger partial charge >= 0.3 is 0 Å². The first-order valence-corrected chi connectivity index (χ1v) is 6.64. The molecule has 0 bridgehead atoms. The molecule has 1 atom stereocenters. The van der Waals surface area contributed by atoms with Gasteiger partial charge in [-0.05, 0) is 20.8 Å². The second-order valence-electron chi connectivity index (χ2n) is 4.59. The van der Waals surface area contributed by atoms with Gasteiger partial charge in [0.2, 0.25) is 0 Å². The van der Waals surface area contributed by atoms with Crippen LogP contribution in [0.3, 0.4) is 0 Å². The van der Waals surface area contributed by atoms with E-state index < -0.39 is 7.26 Å². The van der Waals surface area contributed by atoms with E-state index in [0.29, 0.717) is 5.16 Å². The molecule has 64 valence electrons. The molecule has 1 aliphatic rings. The average Bonchev–Trinajstić information content (AvgIpc) is 1.78. The van der Waals surface area contributed by atoms with Gasteiger partial charge in [0.05, 0.1) is 23.8 Å². The summed E-state index contributed by atoms with van der Waals surface area (Å²) in [6.45, 7) is 10.2. The highest BCUT2D eigenvalue weighted by Gasteiger charge is 2.49. The quantitative estimate of drug-likeness (QED) is 0.603. The fourth-order valence-corrected chi connectivity index (χ4v) is 4.04. The summed E-state index contributed by atoms with van der Waals surface area (Å²) in [5.41, 5.74) is 7.02. The van der Waals surface area contributed by atoms with Crippen LogP contribution in [0.25, 0.3) is 0 Å². The van der Waals surface area contributed by atoms with Crippen LogP contribution in [0, 0.1) is 0 Å². The van der Waals surface area contributed by atoms with Gasteiger partial charge < -0.3 is 5.73 Å². The van der Waals surface area contributed by atoms with Crippen molar-refractivity contribution in [3.05, 3.63) is 11.4 Å². The van der Waals surface area contributed by atoms with E-state index in [2.05, 4.69) is 33.3 Å². The maximum Gasteiger partial charge on any atom is 0.0893 e.